The molecule has 0 N–H and O–H groups in total. The fourth-order valence-electron chi connectivity index (χ4n) is 1.46. The standard InChI is InChI=1S/C12H15ClN2/c1-15(9-5-4-8-13)12-7-3-2-6-11(12)10-14/h2-3,6-7H,4-5,8-9H2,1H3. The molecular weight excluding hydrogens is 208 g/mol. The van der Waals surface area contributed by atoms with Gasteiger partial charge in [-0.1, -0.05) is 12.1 Å². The molecule has 0 fully saturated rings. The van der Waals surface area contributed by atoms with E-state index in [1.165, 1.54) is 0 Å². The monoisotopic (exact) mass is 222 g/mol. The third-order valence-corrected chi connectivity index (χ3v) is 2.58. The van der Waals surface area contributed by atoms with Gasteiger partial charge in [-0.3, -0.25) is 0 Å². The first-order valence-electron chi connectivity index (χ1n) is 5.06. The van der Waals surface area contributed by atoms with Crippen molar-refractivity contribution in [3.05, 3.63) is 29.8 Å². The summed E-state index contributed by atoms with van der Waals surface area (Å²) in [6.45, 7) is 0.936. The number of nitriles is 1. The maximum atomic E-state index is 8.94. The van der Waals surface area contributed by atoms with E-state index < -0.39 is 0 Å². The number of benzene rings is 1. The molecule has 0 aliphatic heterocycles. The van der Waals surface area contributed by atoms with Crippen molar-refractivity contribution in [2.45, 2.75) is 12.8 Å². The van der Waals surface area contributed by atoms with Crippen LogP contribution in [0.1, 0.15) is 18.4 Å². The summed E-state index contributed by atoms with van der Waals surface area (Å²) in [6.07, 6.45) is 2.07. The number of halogens is 1. The smallest absolute Gasteiger partial charge is 0.101 e. The second-order valence-electron chi connectivity index (χ2n) is 3.45. The van der Waals surface area contributed by atoms with E-state index in [4.69, 9.17) is 16.9 Å². The average molecular weight is 223 g/mol. The highest BCUT2D eigenvalue weighted by Gasteiger charge is 2.05. The predicted octanol–water partition coefficient (Wildman–Crippen LogP) is 3.01. The van der Waals surface area contributed by atoms with E-state index in [1.807, 2.05) is 31.3 Å². The summed E-state index contributed by atoms with van der Waals surface area (Å²) in [6, 6.07) is 9.85. The zero-order valence-electron chi connectivity index (χ0n) is 8.91. The lowest BCUT2D eigenvalue weighted by Gasteiger charge is -2.19. The molecule has 3 heteroatoms. The van der Waals surface area contributed by atoms with Gasteiger partial charge >= 0.3 is 0 Å². The Labute approximate surface area is 96.1 Å². The fraction of sp³-hybridized carbons (Fsp3) is 0.417. The molecule has 0 radical (unpaired) electrons. The van der Waals surface area contributed by atoms with Crippen LogP contribution in [-0.2, 0) is 0 Å². The van der Waals surface area contributed by atoms with Crippen LogP contribution in [0, 0.1) is 11.3 Å². The van der Waals surface area contributed by atoms with Crippen LogP contribution in [0.3, 0.4) is 0 Å². The molecule has 0 saturated heterocycles. The molecule has 1 rings (SSSR count). The van der Waals surface area contributed by atoms with Crippen LogP contribution in [0.2, 0.25) is 0 Å². The van der Waals surface area contributed by atoms with Crippen molar-refractivity contribution in [2.75, 3.05) is 24.4 Å². The van der Waals surface area contributed by atoms with Gasteiger partial charge in [0.2, 0.25) is 0 Å². The Bertz CT molecular complexity index is 344. The minimum atomic E-state index is 0.702. The molecule has 2 nitrogen and oxygen atoms in total. The van der Waals surface area contributed by atoms with Gasteiger partial charge in [0, 0.05) is 19.5 Å². The molecule has 1 aromatic rings. The van der Waals surface area contributed by atoms with Gasteiger partial charge in [-0.05, 0) is 25.0 Å². The lowest BCUT2D eigenvalue weighted by molar-refractivity contribution is 0.770. The van der Waals surface area contributed by atoms with E-state index >= 15 is 0 Å². The maximum absolute atomic E-state index is 8.94. The summed E-state index contributed by atoms with van der Waals surface area (Å²) in [7, 11) is 2.00. The summed E-state index contributed by atoms with van der Waals surface area (Å²) >= 11 is 5.62. The number of rotatable bonds is 5. The lowest BCUT2D eigenvalue weighted by atomic mass is 10.1. The average Bonchev–Trinajstić information content (AvgIpc) is 2.29. The molecule has 0 spiro atoms. The first-order valence-corrected chi connectivity index (χ1v) is 5.59. The number of unbranched alkanes of at least 4 members (excludes halogenated alkanes) is 1. The summed E-state index contributed by atoms with van der Waals surface area (Å²) in [5.41, 5.74) is 1.72. The van der Waals surface area contributed by atoms with E-state index in [0.29, 0.717) is 5.88 Å². The minimum absolute atomic E-state index is 0.702. The summed E-state index contributed by atoms with van der Waals surface area (Å²) < 4.78 is 0. The minimum Gasteiger partial charge on any atom is -0.374 e. The molecule has 0 amide bonds. The summed E-state index contributed by atoms with van der Waals surface area (Å²) in [4.78, 5) is 2.10. The molecular formula is C12H15ClN2. The summed E-state index contributed by atoms with van der Waals surface area (Å²) in [5, 5.41) is 8.94. The van der Waals surface area contributed by atoms with Crippen molar-refractivity contribution in [1.29, 1.82) is 5.26 Å². The number of para-hydroxylation sites is 1. The van der Waals surface area contributed by atoms with Crippen molar-refractivity contribution in [3.8, 4) is 6.07 Å². The number of hydrogen-bond acceptors (Lipinski definition) is 2. The van der Waals surface area contributed by atoms with E-state index in [-0.39, 0.29) is 0 Å². The maximum Gasteiger partial charge on any atom is 0.101 e. The number of alkyl halides is 1. The molecule has 0 aromatic heterocycles. The van der Waals surface area contributed by atoms with Gasteiger partial charge < -0.3 is 4.90 Å². The lowest BCUT2D eigenvalue weighted by Crippen LogP contribution is -2.19. The highest BCUT2D eigenvalue weighted by molar-refractivity contribution is 6.17. The van der Waals surface area contributed by atoms with Crippen LogP contribution in [0.4, 0.5) is 5.69 Å². The quantitative estimate of drug-likeness (QED) is 0.566. The van der Waals surface area contributed by atoms with Crippen LogP contribution in [0.5, 0.6) is 0 Å². The van der Waals surface area contributed by atoms with Gasteiger partial charge in [-0.2, -0.15) is 5.26 Å². The first-order chi connectivity index (χ1) is 7.29. The number of nitrogens with zero attached hydrogens (tertiary/aromatic N) is 2. The Kier molecular flexibility index (Phi) is 5.00. The zero-order valence-corrected chi connectivity index (χ0v) is 9.67. The molecule has 80 valence electrons. The van der Waals surface area contributed by atoms with E-state index in [0.717, 1.165) is 30.6 Å². The highest BCUT2D eigenvalue weighted by Crippen LogP contribution is 2.18. The van der Waals surface area contributed by atoms with Crippen LogP contribution in [-0.4, -0.2) is 19.5 Å². The summed E-state index contributed by atoms with van der Waals surface area (Å²) in [5.74, 6) is 0.702. The predicted molar refractivity (Wildman–Crippen MR) is 64.4 cm³/mol. The van der Waals surface area contributed by atoms with Crippen LogP contribution in [0.25, 0.3) is 0 Å². The Morgan fingerprint density at radius 3 is 2.73 bits per heavy atom. The molecule has 0 heterocycles. The number of hydrogen-bond donors (Lipinski definition) is 0. The van der Waals surface area contributed by atoms with Gasteiger partial charge in [0.25, 0.3) is 0 Å². The van der Waals surface area contributed by atoms with Crippen molar-refractivity contribution in [1.82, 2.24) is 0 Å². The Morgan fingerprint density at radius 1 is 1.33 bits per heavy atom. The zero-order chi connectivity index (χ0) is 11.1. The third kappa shape index (κ3) is 3.45. The van der Waals surface area contributed by atoms with E-state index in [1.54, 1.807) is 0 Å². The van der Waals surface area contributed by atoms with Crippen molar-refractivity contribution >= 4 is 17.3 Å². The molecule has 0 aliphatic rings. The molecule has 0 bridgehead atoms. The third-order valence-electron chi connectivity index (χ3n) is 2.31. The Hall–Kier alpha value is -1.20. The Balaban J connectivity index is 2.65. The van der Waals surface area contributed by atoms with Crippen molar-refractivity contribution in [3.63, 3.8) is 0 Å². The topological polar surface area (TPSA) is 27.0 Å². The molecule has 0 aliphatic carbocycles. The molecule has 15 heavy (non-hydrogen) atoms. The SMILES string of the molecule is CN(CCCCCl)c1ccccc1C#N. The Morgan fingerprint density at radius 2 is 2.07 bits per heavy atom. The van der Waals surface area contributed by atoms with Gasteiger partial charge in [0.05, 0.1) is 11.3 Å². The first kappa shape index (κ1) is 11.9. The van der Waals surface area contributed by atoms with Gasteiger partial charge in [-0.25, -0.2) is 0 Å². The molecule has 0 unspecified atom stereocenters. The van der Waals surface area contributed by atoms with E-state index in [2.05, 4.69) is 11.0 Å². The van der Waals surface area contributed by atoms with Crippen LogP contribution < -0.4 is 4.90 Å². The number of anilines is 1. The normalized spacial score (nSPS) is 9.67. The molecule has 0 saturated carbocycles. The van der Waals surface area contributed by atoms with Gasteiger partial charge in [0.1, 0.15) is 6.07 Å². The van der Waals surface area contributed by atoms with Crippen LogP contribution in [0.15, 0.2) is 24.3 Å². The molecule has 0 atom stereocenters. The van der Waals surface area contributed by atoms with Crippen molar-refractivity contribution < 1.29 is 0 Å². The van der Waals surface area contributed by atoms with Gasteiger partial charge in [-0.15, -0.1) is 11.6 Å². The van der Waals surface area contributed by atoms with Crippen LogP contribution >= 0.6 is 11.6 Å². The second-order valence-corrected chi connectivity index (χ2v) is 3.82. The highest BCUT2D eigenvalue weighted by atomic mass is 35.5. The van der Waals surface area contributed by atoms with Crippen molar-refractivity contribution in [2.24, 2.45) is 0 Å². The largest absolute Gasteiger partial charge is 0.374 e. The van der Waals surface area contributed by atoms with Gasteiger partial charge in [0.15, 0.2) is 0 Å². The molecule has 1 aromatic carbocycles. The second kappa shape index (κ2) is 6.31. The van der Waals surface area contributed by atoms with E-state index in [9.17, 15) is 0 Å². The fourth-order valence-corrected chi connectivity index (χ4v) is 1.65.